The summed E-state index contributed by atoms with van der Waals surface area (Å²) in [5.74, 6) is -0.290. The predicted molar refractivity (Wildman–Crippen MR) is 99.5 cm³/mol. The molecule has 0 saturated carbocycles. The van der Waals surface area contributed by atoms with E-state index in [1.807, 2.05) is 18.2 Å². The highest BCUT2D eigenvalue weighted by Gasteiger charge is 2.48. The maximum absolute atomic E-state index is 13.0. The van der Waals surface area contributed by atoms with Gasteiger partial charge in [-0.1, -0.05) is 0 Å². The highest BCUT2D eigenvalue weighted by molar-refractivity contribution is 6.07. The molecule has 3 heterocycles. The van der Waals surface area contributed by atoms with E-state index in [1.165, 1.54) is 24.1 Å². The van der Waals surface area contributed by atoms with Crippen LogP contribution in [-0.2, 0) is 17.6 Å². The lowest BCUT2D eigenvalue weighted by atomic mass is 9.87. The van der Waals surface area contributed by atoms with Crippen molar-refractivity contribution in [2.75, 3.05) is 13.1 Å². The summed E-state index contributed by atoms with van der Waals surface area (Å²) in [7, 11) is 0. The number of hydrogen-bond donors (Lipinski definition) is 3. The first-order chi connectivity index (χ1) is 13.1. The molecule has 2 aliphatic heterocycles. The minimum absolute atomic E-state index is 0.0118. The summed E-state index contributed by atoms with van der Waals surface area (Å²) in [5.41, 5.74) is 3.60. The highest BCUT2D eigenvalue weighted by Crippen LogP contribution is 2.31. The van der Waals surface area contributed by atoms with E-state index in [-0.39, 0.29) is 11.8 Å². The number of aromatic amines is 1. The first-order valence-corrected chi connectivity index (χ1v) is 9.62. The maximum Gasteiger partial charge on any atom is 0.322 e. The number of nitrogens with zero attached hydrogens (tertiary/aromatic N) is 1. The smallest absolute Gasteiger partial charge is 0.322 e. The molecular weight excluding hydrogens is 344 g/mol. The fourth-order valence-corrected chi connectivity index (χ4v) is 4.69. The van der Waals surface area contributed by atoms with Crippen LogP contribution >= 0.6 is 0 Å². The van der Waals surface area contributed by atoms with Crippen molar-refractivity contribution in [1.29, 1.82) is 0 Å². The van der Waals surface area contributed by atoms with Crippen LogP contribution in [-0.4, -0.2) is 46.4 Å². The topological polar surface area (TPSA) is 94.3 Å². The quantitative estimate of drug-likeness (QED) is 0.673. The summed E-state index contributed by atoms with van der Waals surface area (Å²) < 4.78 is 0. The number of rotatable bonds is 1. The second-order valence-electron chi connectivity index (χ2n) is 7.83. The zero-order valence-electron chi connectivity index (χ0n) is 15.1. The molecule has 1 aromatic heterocycles. The number of likely N-dealkylation sites (tertiary alicyclic amines) is 1. The van der Waals surface area contributed by atoms with Gasteiger partial charge in [-0.25, -0.2) is 4.79 Å². The van der Waals surface area contributed by atoms with Gasteiger partial charge in [-0.05, 0) is 62.3 Å². The molecule has 2 fully saturated rings. The molecule has 7 nitrogen and oxygen atoms in total. The van der Waals surface area contributed by atoms with E-state index in [1.54, 1.807) is 4.90 Å². The van der Waals surface area contributed by atoms with E-state index in [0.717, 1.165) is 23.7 Å². The van der Waals surface area contributed by atoms with E-state index in [2.05, 4.69) is 15.6 Å². The van der Waals surface area contributed by atoms with Gasteiger partial charge in [0.05, 0.1) is 0 Å². The Morgan fingerprint density at radius 2 is 1.85 bits per heavy atom. The first-order valence-electron chi connectivity index (χ1n) is 9.62. The van der Waals surface area contributed by atoms with Crippen molar-refractivity contribution in [2.24, 2.45) is 0 Å². The van der Waals surface area contributed by atoms with Crippen LogP contribution in [0.3, 0.4) is 0 Å². The number of benzene rings is 1. The minimum Gasteiger partial charge on any atom is -0.358 e. The molecule has 1 aromatic carbocycles. The van der Waals surface area contributed by atoms with Crippen molar-refractivity contribution >= 4 is 28.7 Å². The molecule has 0 radical (unpaired) electrons. The van der Waals surface area contributed by atoms with Crippen LogP contribution in [0.15, 0.2) is 18.2 Å². The van der Waals surface area contributed by atoms with E-state index in [0.29, 0.717) is 31.5 Å². The van der Waals surface area contributed by atoms with Crippen molar-refractivity contribution in [3.05, 3.63) is 35.0 Å². The van der Waals surface area contributed by atoms with Crippen molar-refractivity contribution in [1.82, 2.24) is 20.5 Å². The number of H-pyrrole nitrogens is 1. The third-order valence-corrected chi connectivity index (χ3v) is 6.26. The Kier molecular flexibility index (Phi) is 3.54. The third kappa shape index (κ3) is 2.52. The summed E-state index contributed by atoms with van der Waals surface area (Å²) in [6, 6.07) is 5.44. The third-order valence-electron chi connectivity index (χ3n) is 6.26. The Hall–Kier alpha value is -2.83. The first kappa shape index (κ1) is 16.4. The number of piperidine rings is 1. The number of urea groups is 1. The average molecular weight is 366 g/mol. The van der Waals surface area contributed by atoms with Crippen molar-refractivity contribution in [3.63, 3.8) is 0 Å². The lowest BCUT2D eigenvalue weighted by Gasteiger charge is -2.37. The zero-order valence-corrected chi connectivity index (χ0v) is 15.1. The Balaban J connectivity index is 1.37. The van der Waals surface area contributed by atoms with Gasteiger partial charge in [-0.15, -0.1) is 0 Å². The van der Waals surface area contributed by atoms with E-state index >= 15 is 0 Å². The van der Waals surface area contributed by atoms with Gasteiger partial charge in [0, 0.05) is 35.2 Å². The van der Waals surface area contributed by atoms with Gasteiger partial charge >= 0.3 is 6.03 Å². The van der Waals surface area contributed by atoms with E-state index in [4.69, 9.17) is 0 Å². The Morgan fingerprint density at radius 1 is 1.07 bits per heavy atom. The molecule has 4 amide bonds. The summed E-state index contributed by atoms with van der Waals surface area (Å²) in [6.45, 7) is 0.908. The summed E-state index contributed by atoms with van der Waals surface area (Å²) >= 11 is 0. The fraction of sp³-hybridized carbons (Fsp3) is 0.450. The zero-order chi connectivity index (χ0) is 18.6. The monoisotopic (exact) mass is 366 g/mol. The van der Waals surface area contributed by atoms with Gasteiger partial charge in [0.15, 0.2) is 0 Å². The largest absolute Gasteiger partial charge is 0.358 e. The summed E-state index contributed by atoms with van der Waals surface area (Å²) in [5, 5.41) is 6.19. The molecule has 27 heavy (non-hydrogen) atoms. The number of imide groups is 1. The van der Waals surface area contributed by atoms with E-state index in [9.17, 15) is 14.4 Å². The van der Waals surface area contributed by atoms with Gasteiger partial charge in [0.25, 0.3) is 11.8 Å². The van der Waals surface area contributed by atoms with Gasteiger partial charge < -0.3 is 15.2 Å². The Bertz CT molecular complexity index is 969. The van der Waals surface area contributed by atoms with E-state index < -0.39 is 11.6 Å². The van der Waals surface area contributed by atoms with Crippen LogP contribution < -0.4 is 10.6 Å². The van der Waals surface area contributed by atoms with Gasteiger partial charge in [-0.2, -0.15) is 0 Å². The maximum atomic E-state index is 13.0. The number of amides is 4. The van der Waals surface area contributed by atoms with Crippen LogP contribution in [0.25, 0.3) is 10.9 Å². The van der Waals surface area contributed by atoms with Crippen molar-refractivity contribution in [3.8, 4) is 0 Å². The second-order valence-corrected chi connectivity index (χ2v) is 7.83. The molecule has 2 aromatic rings. The number of carbonyl (C=O) groups is 3. The number of fused-ring (bicyclic) bond motifs is 3. The summed E-state index contributed by atoms with van der Waals surface area (Å²) in [6.07, 6.45) is 5.44. The molecule has 140 valence electrons. The highest BCUT2D eigenvalue weighted by atomic mass is 16.2. The molecular formula is C20H22N4O3. The van der Waals surface area contributed by atoms with Gasteiger partial charge in [0.1, 0.15) is 5.54 Å². The Labute approximate surface area is 156 Å². The summed E-state index contributed by atoms with van der Waals surface area (Å²) in [4.78, 5) is 41.8. The minimum atomic E-state index is -0.850. The van der Waals surface area contributed by atoms with Crippen LogP contribution in [0.2, 0.25) is 0 Å². The molecule has 1 aliphatic carbocycles. The van der Waals surface area contributed by atoms with Crippen molar-refractivity contribution < 1.29 is 14.4 Å². The molecule has 7 heteroatoms. The molecule has 0 bridgehead atoms. The second kappa shape index (κ2) is 5.84. The lowest BCUT2D eigenvalue weighted by Crippen LogP contribution is -2.55. The number of hydrogen-bond acceptors (Lipinski definition) is 3. The molecule has 5 rings (SSSR count). The molecule has 3 aliphatic rings. The number of aromatic nitrogens is 1. The fourth-order valence-electron chi connectivity index (χ4n) is 4.69. The van der Waals surface area contributed by atoms with Crippen LogP contribution in [0, 0.1) is 0 Å². The van der Waals surface area contributed by atoms with Gasteiger partial charge in [0.2, 0.25) is 0 Å². The Morgan fingerprint density at radius 3 is 2.59 bits per heavy atom. The SMILES string of the molecule is O=C1NC(=O)C2(CCN(C(=O)c3ccc4[nH]c5c(c4c3)CCCC5)CC2)N1. The molecule has 1 spiro atoms. The number of aryl methyl sites for hydroxylation is 2. The standard InChI is InChI=1S/C20H22N4O3/c25-17(24-9-7-20(8-10-24)18(26)22-19(27)23-20)12-5-6-16-14(11-12)13-3-1-2-4-15(13)21-16/h5-6,11,21H,1-4,7-10H2,(H2,22,23,26,27). The van der Waals surface area contributed by atoms with Crippen LogP contribution in [0.5, 0.6) is 0 Å². The molecule has 3 N–H and O–H groups in total. The number of carbonyl (C=O) groups excluding carboxylic acids is 3. The average Bonchev–Trinajstić information content (AvgIpc) is 3.18. The van der Waals surface area contributed by atoms with Crippen molar-refractivity contribution in [2.45, 2.75) is 44.1 Å². The lowest BCUT2D eigenvalue weighted by molar-refractivity contribution is -0.125. The molecule has 0 atom stereocenters. The normalized spacial score (nSPS) is 21.3. The predicted octanol–water partition coefficient (Wildman–Crippen LogP) is 1.86. The van der Waals surface area contributed by atoms with Crippen LogP contribution in [0.4, 0.5) is 4.79 Å². The molecule has 2 saturated heterocycles. The number of nitrogens with one attached hydrogen (secondary N) is 3. The van der Waals surface area contributed by atoms with Gasteiger partial charge in [-0.3, -0.25) is 14.9 Å². The van der Waals surface area contributed by atoms with Crippen LogP contribution in [0.1, 0.15) is 47.3 Å². The molecule has 0 unspecified atom stereocenters.